The number of nitrogens with zero attached hydrogens (tertiary/aromatic N) is 2. The number of anilines is 1. The molecule has 2 aromatic rings. The predicted molar refractivity (Wildman–Crippen MR) is 102 cm³/mol. The summed E-state index contributed by atoms with van der Waals surface area (Å²) in [6, 6.07) is 6.71. The van der Waals surface area contributed by atoms with Gasteiger partial charge in [-0.05, 0) is 32.0 Å². The molecule has 0 atom stereocenters. The van der Waals surface area contributed by atoms with Crippen LogP contribution in [0.25, 0.3) is 0 Å². The van der Waals surface area contributed by atoms with Gasteiger partial charge in [0.1, 0.15) is 16.5 Å². The summed E-state index contributed by atoms with van der Waals surface area (Å²) in [6.07, 6.45) is -0.0474. The molecule has 1 aliphatic rings. The molecule has 1 saturated heterocycles. The van der Waals surface area contributed by atoms with Crippen LogP contribution in [0.5, 0.6) is 5.75 Å². The number of piperazine rings is 1. The van der Waals surface area contributed by atoms with Gasteiger partial charge >= 0.3 is 0 Å². The van der Waals surface area contributed by atoms with E-state index in [1.807, 2.05) is 13.8 Å². The monoisotopic (exact) mass is 430 g/mol. The van der Waals surface area contributed by atoms with Crippen LogP contribution in [-0.2, 0) is 0 Å². The molecule has 0 N–H and O–H groups in total. The molecular weight excluding hydrogens is 412 g/mol. The van der Waals surface area contributed by atoms with Gasteiger partial charge in [0.05, 0.1) is 6.10 Å². The highest BCUT2D eigenvalue weighted by molar-refractivity contribution is 6.31. The maximum absolute atomic E-state index is 14.2. The van der Waals surface area contributed by atoms with Gasteiger partial charge in [-0.2, -0.15) is 0 Å². The van der Waals surface area contributed by atoms with Gasteiger partial charge in [-0.1, -0.05) is 17.7 Å². The topological polar surface area (TPSA) is 32.8 Å². The number of ether oxygens (including phenoxy) is 1. The molecule has 2 aromatic carbocycles. The van der Waals surface area contributed by atoms with Gasteiger partial charge in [-0.3, -0.25) is 4.79 Å². The molecule has 29 heavy (non-hydrogen) atoms. The van der Waals surface area contributed by atoms with Crippen LogP contribution in [0, 0.1) is 23.3 Å². The second-order valence-corrected chi connectivity index (χ2v) is 7.27. The molecular formula is C20H19ClF4N2O2. The summed E-state index contributed by atoms with van der Waals surface area (Å²) in [5.74, 6) is -6.09. The van der Waals surface area contributed by atoms with E-state index in [0.29, 0.717) is 11.3 Å². The van der Waals surface area contributed by atoms with Gasteiger partial charge in [0.2, 0.25) is 0 Å². The smallest absolute Gasteiger partial charge is 0.254 e. The number of halogens is 5. The molecule has 4 nitrogen and oxygen atoms in total. The second-order valence-electron chi connectivity index (χ2n) is 6.89. The number of carbonyl (C=O) groups is 1. The minimum absolute atomic E-state index is 0.00226. The van der Waals surface area contributed by atoms with Crippen molar-refractivity contribution in [2.24, 2.45) is 0 Å². The summed E-state index contributed by atoms with van der Waals surface area (Å²) in [6.45, 7) is 3.99. The molecule has 0 spiro atoms. The maximum Gasteiger partial charge on any atom is 0.254 e. The lowest BCUT2D eigenvalue weighted by atomic mass is 10.1. The third-order valence-corrected chi connectivity index (χ3v) is 4.85. The van der Waals surface area contributed by atoms with Gasteiger partial charge in [-0.15, -0.1) is 0 Å². The van der Waals surface area contributed by atoms with Crippen LogP contribution in [0.3, 0.4) is 0 Å². The average Bonchev–Trinajstić information content (AvgIpc) is 2.70. The minimum atomic E-state index is -1.64. The minimum Gasteiger partial charge on any atom is -0.491 e. The van der Waals surface area contributed by atoms with Gasteiger partial charge in [0.25, 0.3) is 5.91 Å². The summed E-state index contributed by atoms with van der Waals surface area (Å²) in [7, 11) is 0. The Hall–Kier alpha value is -2.48. The van der Waals surface area contributed by atoms with Crippen LogP contribution in [0.4, 0.5) is 23.2 Å². The van der Waals surface area contributed by atoms with Crippen LogP contribution in [0.2, 0.25) is 5.02 Å². The van der Waals surface area contributed by atoms with E-state index in [2.05, 4.69) is 0 Å². The first kappa shape index (κ1) is 21.2. The van der Waals surface area contributed by atoms with Crippen LogP contribution in [0.1, 0.15) is 24.2 Å². The van der Waals surface area contributed by atoms with Crippen molar-refractivity contribution in [3.63, 3.8) is 0 Å². The first-order chi connectivity index (χ1) is 13.7. The molecule has 0 radical (unpaired) electrons. The third kappa shape index (κ3) is 4.27. The maximum atomic E-state index is 14.2. The molecule has 0 aliphatic carbocycles. The number of amides is 1. The Morgan fingerprint density at radius 1 is 1.00 bits per heavy atom. The van der Waals surface area contributed by atoms with Crippen LogP contribution >= 0.6 is 11.6 Å². The zero-order chi connectivity index (χ0) is 21.3. The predicted octanol–water partition coefficient (Wildman–Crippen LogP) is 4.65. The first-order valence-corrected chi connectivity index (χ1v) is 9.41. The van der Waals surface area contributed by atoms with E-state index in [1.165, 1.54) is 4.90 Å². The molecule has 0 aromatic heterocycles. The lowest BCUT2D eigenvalue weighted by Crippen LogP contribution is -2.49. The lowest BCUT2D eigenvalue weighted by molar-refractivity contribution is 0.0745. The van der Waals surface area contributed by atoms with Gasteiger partial charge < -0.3 is 14.5 Å². The average molecular weight is 431 g/mol. The van der Waals surface area contributed by atoms with Crippen molar-refractivity contribution in [3.05, 3.63) is 58.1 Å². The van der Waals surface area contributed by atoms with Crippen molar-refractivity contribution in [1.82, 2.24) is 4.90 Å². The van der Waals surface area contributed by atoms with E-state index in [4.69, 9.17) is 16.3 Å². The zero-order valence-electron chi connectivity index (χ0n) is 15.8. The first-order valence-electron chi connectivity index (χ1n) is 9.03. The summed E-state index contributed by atoms with van der Waals surface area (Å²) in [4.78, 5) is 15.4. The molecule has 1 aliphatic heterocycles. The van der Waals surface area contributed by atoms with Crippen LogP contribution in [0.15, 0.2) is 24.3 Å². The fraction of sp³-hybridized carbons (Fsp3) is 0.350. The highest BCUT2D eigenvalue weighted by Crippen LogP contribution is 2.34. The number of rotatable bonds is 4. The highest BCUT2D eigenvalue weighted by Gasteiger charge is 2.31. The summed E-state index contributed by atoms with van der Waals surface area (Å²) >= 11 is 5.26. The molecule has 1 amide bonds. The van der Waals surface area contributed by atoms with E-state index >= 15 is 0 Å². The number of hydrogen-bond donors (Lipinski definition) is 0. The SMILES string of the molecule is CC(C)Oc1cccc(C(=O)N2CCN(c3c(F)c(F)c(Cl)c(F)c3F)CC2)c1. The molecule has 1 heterocycles. The molecule has 156 valence electrons. The Labute approximate surface area is 170 Å². The Kier molecular flexibility index (Phi) is 6.21. The second kappa shape index (κ2) is 8.49. The van der Waals surface area contributed by atoms with Gasteiger partial charge in [-0.25, -0.2) is 17.6 Å². The van der Waals surface area contributed by atoms with Gasteiger partial charge in [0.15, 0.2) is 23.3 Å². The summed E-state index contributed by atoms with van der Waals surface area (Å²) in [5, 5.41) is -1.22. The summed E-state index contributed by atoms with van der Waals surface area (Å²) < 4.78 is 61.3. The van der Waals surface area contributed by atoms with Crippen molar-refractivity contribution >= 4 is 23.2 Å². The summed E-state index contributed by atoms with van der Waals surface area (Å²) in [5.41, 5.74) is -0.402. The Morgan fingerprint density at radius 3 is 2.14 bits per heavy atom. The third-order valence-electron chi connectivity index (χ3n) is 4.52. The van der Waals surface area contributed by atoms with Crippen molar-refractivity contribution in [3.8, 4) is 5.75 Å². The lowest BCUT2D eigenvalue weighted by Gasteiger charge is -2.36. The fourth-order valence-electron chi connectivity index (χ4n) is 3.16. The van der Waals surface area contributed by atoms with E-state index in [-0.39, 0.29) is 38.2 Å². The molecule has 1 fully saturated rings. The standard InChI is InChI=1S/C20H19ClF4N2O2/c1-11(2)29-13-5-3-4-12(10-13)20(28)27-8-6-26(7-9-27)19-17(24)15(22)14(21)16(23)18(19)25/h3-5,10-11H,6-9H2,1-2H3. The number of hydrogen-bond acceptors (Lipinski definition) is 3. The van der Waals surface area contributed by atoms with Gasteiger partial charge in [0, 0.05) is 31.7 Å². The van der Waals surface area contributed by atoms with Crippen molar-refractivity contribution in [2.75, 3.05) is 31.1 Å². The molecule has 0 saturated carbocycles. The highest BCUT2D eigenvalue weighted by atomic mass is 35.5. The molecule has 0 unspecified atom stereocenters. The fourth-order valence-corrected chi connectivity index (χ4v) is 3.33. The Bertz CT molecular complexity index is 902. The van der Waals surface area contributed by atoms with Crippen molar-refractivity contribution in [2.45, 2.75) is 20.0 Å². The van der Waals surface area contributed by atoms with Crippen molar-refractivity contribution < 1.29 is 27.1 Å². The van der Waals surface area contributed by atoms with Crippen LogP contribution < -0.4 is 9.64 Å². The van der Waals surface area contributed by atoms with E-state index in [0.717, 1.165) is 4.90 Å². The van der Waals surface area contributed by atoms with E-state index in [1.54, 1.807) is 24.3 Å². The number of carbonyl (C=O) groups excluding carboxylic acids is 1. The molecule has 0 bridgehead atoms. The normalized spacial score (nSPS) is 14.5. The molecule has 9 heteroatoms. The zero-order valence-corrected chi connectivity index (χ0v) is 16.6. The number of benzene rings is 2. The largest absolute Gasteiger partial charge is 0.491 e. The van der Waals surface area contributed by atoms with Crippen molar-refractivity contribution in [1.29, 1.82) is 0 Å². The molecule has 3 rings (SSSR count). The van der Waals surface area contributed by atoms with E-state index in [9.17, 15) is 22.4 Å². The quantitative estimate of drug-likeness (QED) is 0.402. The Morgan fingerprint density at radius 2 is 1.59 bits per heavy atom. The Balaban J connectivity index is 1.74. The van der Waals surface area contributed by atoms with E-state index < -0.39 is 34.0 Å². The van der Waals surface area contributed by atoms with Crippen LogP contribution in [-0.4, -0.2) is 43.1 Å².